The summed E-state index contributed by atoms with van der Waals surface area (Å²) in [5.41, 5.74) is 6.79. The number of rotatable bonds is 6. The maximum Gasteiger partial charge on any atom is 0.227 e. The number of primary amides is 1. The molecule has 3 aromatic heterocycles. The summed E-state index contributed by atoms with van der Waals surface area (Å²) in [5.74, 6) is 1.45. The molecule has 1 atom stereocenters. The Morgan fingerprint density at radius 2 is 2.23 bits per heavy atom. The van der Waals surface area contributed by atoms with Gasteiger partial charge >= 0.3 is 0 Å². The van der Waals surface area contributed by atoms with E-state index in [1.54, 1.807) is 22.7 Å². The first-order valence-electron chi connectivity index (χ1n) is 8.70. The molecule has 1 aliphatic rings. The number of carbonyl (C=O) groups is 1. The van der Waals surface area contributed by atoms with Crippen molar-refractivity contribution < 1.29 is 4.79 Å². The van der Waals surface area contributed by atoms with Gasteiger partial charge < -0.3 is 10.6 Å². The van der Waals surface area contributed by atoms with E-state index in [-0.39, 0.29) is 11.8 Å². The lowest BCUT2D eigenvalue weighted by molar-refractivity contribution is -0.122. The number of aromatic nitrogens is 3. The van der Waals surface area contributed by atoms with Crippen molar-refractivity contribution in [3.8, 4) is 0 Å². The molecule has 3 aromatic rings. The van der Waals surface area contributed by atoms with Gasteiger partial charge in [-0.3, -0.25) is 9.36 Å². The molecular weight excluding hydrogens is 366 g/mol. The average Bonchev–Trinajstić information content (AvgIpc) is 3.39. The van der Waals surface area contributed by atoms with E-state index >= 15 is 0 Å². The number of amides is 1. The molecule has 0 saturated carbocycles. The summed E-state index contributed by atoms with van der Waals surface area (Å²) in [6, 6.07) is 6.32. The molecule has 1 saturated heterocycles. The van der Waals surface area contributed by atoms with Gasteiger partial charge in [-0.15, -0.1) is 21.5 Å². The van der Waals surface area contributed by atoms with Gasteiger partial charge in [-0.1, -0.05) is 6.07 Å². The lowest BCUT2D eigenvalue weighted by Gasteiger charge is -2.32. The monoisotopic (exact) mass is 387 g/mol. The summed E-state index contributed by atoms with van der Waals surface area (Å²) in [5, 5.41) is 15.3. The van der Waals surface area contributed by atoms with Crippen molar-refractivity contribution in [2.75, 3.05) is 18.0 Å². The Hall–Kier alpha value is -2.19. The van der Waals surface area contributed by atoms with Crippen LogP contribution in [-0.4, -0.2) is 33.8 Å². The number of nitrogens with two attached hydrogens (primary N) is 1. The normalized spacial score (nSPS) is 17.5. The van der Waals surface area contributed by atoms with Crippen molar-refractivity contribution in [1.29, 1.82) is 0 Å². The zero-order valence-corrected chi connectivity index (χ0v) is 16.0. The molecule has 1 fully saturated rings. The maximum absolute atomic E-state index is 11.6. The summed E-state index contributed by atoms with van der Waals surface area (Å²) in [6.07, 6.45) is 2.56. The third kappa shape index (κ3) is 3.66. The van der Waals surface area contributed by atoms with Crippen molar-refractivity contribution in [1.82, 2.24) is 14.8 Å². The Morgan fingerprint density at radius 3 is 2.96 bits per heavy atom. The molecule has 26 heavy (non-hydrogen) atoms. The van der Waals surface area contributed by atoms with Gasteiger partial charge in [0.2, 0.25) is 11.9 Å². The minimum atomic E-state index is -0.225. The van der Waals surface area contributed by atoms with Gasteiger partial charge in [0.05, 0.1) is 12.5 Å². The molecule has 0 radical (unpaired) electrons. The van der Waals surface area contributed by atoms with Crippen molar-refractivity contribution in [3.05, 3.63) is 50.6 Å². The minimum Gasteiger partial charge on any atom is -0.369 e. The van der Waals surface area contributed by atoms with Crippen LogP contribution in [0.4, 0.5) is 5.95 Å². The third-order valence-electron chi connectivity index (χ3n) is 4.75. The van der Waals surface area contributed by atoms with Crippen LogP contribution >= 0.6 is 22.7 Å². The fourth-order valence-electron chi connectivity index (χ4n) is 3.38. The van der Waals surface area contributed by atoms with Gasteiger partial charge in [0.1, 0.15) is 5.82 Å². The summed E-state index contributed by atoms with van der Waals surface area (Å²) in [7, 11) is 0. The van der Waals surface area contributed by atoms with Gasteiger partial charge in [0.25, 0.3) is 0 Å². The van der Waals surface area contributed by atoms with Crippen molar-refractivity contribution in [3.63, 3.8) is 0 Å². The van der Waals surface area contributed by atoms with E-state index in [2.05, 4.69) is 54.0 Å². The summed E-state index contributed by atoms with van der Waals surface area (Å²) >= 11 is 3.42. The Morgan fingerprint density at radius 1 is 1.31 bits per heavy atom. The largest absolute Gasteiger partial charge is 0.369 e. The van der Waals surface area contributed by atoms with Crippen LogP contribution in [0, 0.1) is 5.92 Å². The summed E-state index contributed by atoms with van der Waals surface area (Å²) in [4.78, 5) is 15.1. The molecule has 0 spiro atoms. The second-order valence-electron chi connectivity index (χ2n) is 6.58. The molecule has 1 unspecified atom stereocenters. The smallest absolute Gasteiger partial charge is 0.227 e. The molecule has 0 aliphatic carbocycles. The zero-order chi connectivity index (χ0) is 17.9. The van der Waals surface area contributed by atoms with Crippen LogP contribution in [0.15, 0.2) is 34.3 Å². The summed E-state index contributed by atoms with van der Waals surface area (Å²) < 4.78 is 2.19. The fourth-order valence-corrected chi connectivity index (χ4v) is 4.74. The molecule has 136 valence electrons. The first-order chi connectivity index (χ1) is 12.7. The Bertz CT molecular complexity index is 856. The number of nitrogens with zero attached hydrogens (tertiary/aromatic N) is 4. The number of anilines is 1. The average molecular weight is 388 g/mol. The molecule has 8 heteroatoms. The Labute approximate surface area is 160 Å². The van der Waals surface area contributed by atoms with Crippen molar-refractivity contribution in [2.24, 2.45) is 11.7 Å². The number of hydrogen-bond donors (Lipinski definition) is 1. The van der Waals surface area contributed by atoms with E-state index in [9.17, 15) is 4.79 Å². The Balaban J connectivity index is 1.64. The molecule has 1 aliphatic heterocycles. The topological polar surface area (TPSA) is 77.0 Å². The van der Waals surface area contributed by atoms with E-state index in [1.807, 2.05) is 0 Å². The second-order valence-corrected chi connectivity index (χ2v) is 8.39. The highest BCUT2D eigenvalue weighted by molar-refractivity contribution is 7.09. The molecular formula is C18H21N5OS2. The van der Waals surface area contributed by atoms with Crippen molar-refractivity contribution in [2.45, 2.75) is 25.8 Å². The lowest BCUT2D eigenvalue weighted by atomic mass is 9.98. The van der Waals surface area contributed by atoms with Gasteiger partial charge in [0, 0.05) is 24.4 Å². The maximum atomic E-state index is 11.6. The minimum absolute atomic E-state index is 0.115. The van der Waals surface area contributed by atoms with Gasteiger partial charge in [0.15, 0.2) is 0 Å². The third-order valence-corrected chi connectivity index (χ3v) is 6.34. The molecule has 6 nitrogen and oxygen atoms in total. The van der Waals surface area contributed by atoms with Crippen LogP contribution in [0.25, 0.3) is 0 Å². The van der Waals surface area contributed by atoms with Crippen LogP contribution in [0.3, 0.4) is 0 Å². The quantitative estimate of drug-likeness (QED) is 0.705. The van der Waals surface area contributed by atoms with E-state index in [0.29, 0.717) is 6.54 Å². The fraction of sp³-hybridized carbons (Fsp3) is 0.389. The SMILES string of the molecule is NC(=O)C1CCCN(c2nnc(Cc3ccsc3)n2Cc2cccs2)C1. The van der Waals surface area contributed by atoms with Crippen LogP contribution in [0.5, 0.6) is 0 Å². The molecule has 2 N–H and O–H groups in total. The molecule has 1 amide bonds. The van der Waals surface area contributed by atoms with Crippen LogP contribution in [0.1, 0.15) is 29.1 Å². The van der Waals surface area contributed by atoms with E-state index in [0.717, 1.165) is 44.1 Å². The highest BCUT2D eigenvalue weighted by atomic mass is 32.1. The van der Waals surface area contributed by atoms with Crippen LogP contribution in [0.2, 0.25) is 0 Å². The zero-order valence-electron chi connectivity index (χ0n) is 14.4. The van der Waals surface area contributed by atoms with Crippen molar-refractivity contribution >= 4 is 34.5 Å². The summed E-state index contributed by atoms with van der Waals surface area (Å²) in [6.45, 7) is 2.25. The van der Waals surface area contributed by atoms with E-state index in [1.165, 1.54) is 10.4 Å². The highest BCUT2D eigenvalue weighted by Crippen LogP contribution is 2.25. The number of thiophene rings is 2. The molecule has 0 aromatic carbocycles. The van der Waals surface area contributed by atoms with Gasteiger partial charge in [-0.05, 0) is 46.7 Å². The predicted molar refractivity (Wildman–Crippen MR) is 105 cm³/mol. The predicted octanol–water partition coefficient (Wildman–Crippen LogP) is 2.74. The molecule has 4 heterocycles. The molecule has 0 bridgehead atoms. The van der Waals surface area contributed by atoms with Gasteiger partial charge in [-0.2, -0.15) is 11.3 Å². The number of piperidine rings is 1. The van der Waals surface area contributed by atoms with E-state index < -0.39 is 0 Å². The van der Waals surface area contributed by atoms with E-state index in [4.69, 9.17) is 5.73 Å². The first-order valence-corrected chi connectivity index (χ1v) is 10.5. The molecule has 4 rings (SSSR count). The van der Waals surface area contributed by atoms with Crippen LogP contribution in [-0.2, 0) is 17.8 Å². The number of hydrogen-bond acceptors (Lipinski definition) is 6. The Kier molecular flexibility index (Phi) is 5.03. The van der Waals surface area contributed by atoms with Crippen LogP contribution < -0.4 is 10.6 Å². The van der Waals surface area contributed by atoms with Gasteiger partial charge in [-0.25, -0.2) is 0 Å². The highest BCUT2D eigenvalue weighted by Gasteiger charge is 2.28. The standard InChI is InChI=1S/C18H21N5OS2/c19-17(24)14-3-1-6-22(10-14)18-21-20-16(9-13-5-8-25-12-13)23(18)11-15-4-2-7-26-15/h2,4-5,7-8,12,14H,1,3,6,9-11H2,(H2,19,24). The number of carbonyl (C=O) groups excluding carboxylic acids is 1. The first kappa shape index (κ1) is 17.2. The second kappa shape index (κ2) is 7.59. The lowest BCUT2D eigenvalue weighted by Crippen LogP contribution is -2.42.